The van der Waals surface area contributed by atoms with E-state index >= 15 is 0 Å². The number of benzene rings is 1. The molecule has 0 atom stereocenters. The summed E-state index contributed by atoms with van der Waals surface area (Å²) in [6.45, 7) is 0. The molecule has 74 valence electrons. The molecule has 1 nitrogen and oxygen atoms in total. The third-order valence-electron chi connectivity index (χ3n) is 2.02. The van der Waals surface area contributed by atoms with E-state index in [0.717, 1.165) is 27.0 Å². The third-order valence-corrected chi connectivity index (χ3v) is 3.32. The van der Waals surface area contributed by atoms with Gasteiger partial charge in [0, 0.05) is 10.6 Å². The van der Waals surface area contributed by atoms with Gasteiger partial charge in [0.25, 0.3) is 0 Å². The van der Waals surface area contributed by atoms with Gasteiger partial charge in [-0.3, -0.25) is 0 Å². The van der Waals surface area contributed by atoms with Crippen LogP contribution in [0.1, 0.15) is 5.56 Å². The number of methoxy groups -OCH3 is 1. The summed E-state index contributed by atoms with van der Waals surface area (Å²) in [5, 5.41) is 0.655. The van der Waals surface area contributed by atoms with E-state index in [0.29, 0.717) is 11.6 Å². The summed E-state index contributed by atoms with van der Waals surface area (Å²) in [4.78, 5) is 0. The van der Waals surface area contributed by atoms with Gasteiger partial charge in [0.1, 0.15) is 5.75 Å². The largest absolute Gasteiger partial charge is 0.497 e. The molecular formula is C10H8ClFOS. The molecule has 0 saturated heterocycles. The Hall–Kier alpha value is -0.800. The Morgan fingerprint density at radius 1 is 1.43 bits per heavy atom. The molecule has 1 heterocycles. The van der Waals surface area contributed by atoms with E-state index < -0.39 is 0 Å². The van der Waals surface area contributed by atoms with Crippen molar-refractivity contribution in [2.24, 2.45) is 0 Å². The molecule has 0 radical (unpaired) electrons. The number of hydrogen-bond acceptors (Lipinski definition) is 2. The van der Waals surface area contributed by atoms with E-state index in [1.807, 2.05) is 12.1 Å². The molecule has 0 aliphatic heterocycles. The molecule has 2 aromatic rings. The van der Waals surface area contributed by atoms with Gasteiger partial charge in [0.2, 0.25) is 0 Å². The van der Waals surface area contributed by atoms with Crippen molar-refractivity contribution in [1.82, 2.24) is 0 Å². The van der Waals surface area contributed by atoms with Gasteiger partial charge < -0.3 is 4.74 Å². The van der Waals surface area contributed by atoms with Crippen LogP contribution in [0.2, 0.25) is 0 Å². The highest BCUT2D eigenvalue weighted by Gasteiger charge is 2.08. The minimum Gasteiger partial charge on any atom is -0.497 e. The highest BCUT2D eigenvalue weighted by atomic mass is 35.5. The molecule has 0 N–H and O–H groups in total. The van der Waals surface area contributed by atoms with Crippen LogP contribution < -0.4 is 4.74 Å². The Balaban J connectivity index is 2.72. The van der Waals surface area contributed by atoms with Gasteiger partial charge >= 0.3 is 0 Å². The second-order valence-electron chi connectivity index (χ2n) is 2.89. The summed E-state index contributed by atoms with van der Waals surface area (Å²) in [5.74, 6) is 1.08. The topological polar surface area (TPSA) is 9.23 Å². The van der Waals surface area contributed by atoms with Crippen LogP contribution in [0.4, 0.5) is 4.39 Å². The van der Waals surface area contributed by atoms with E-state index in [9.17, 15) is 4.39 Å². The summed E-state index contributed by atoms with van der Waals surface area (Å²) in [6.07, 6.45) is 0. The smallest absolute Gasteiger partial charge is 0.177 e. The lowest BCUT2D eigenvalue weighted by atomic mass is 10.2. The number of fused-ring (bicyclic) bond motifs is 1. The number of thiophene rings is 1. The standard InChI is InChI=1S/C10H8ClFOS/c1-13-8-2-6-4-9(12)14-10(6)7(3-8)5-11/h2-4H,5H2,1H3. The van der Waals surface area contributed by atoms with Crippen LogP contribution in [-0.4, -0.2) is 7.11 Å². The summed E-state index contributed by atoms with van der Waals surface area (Å²) >= 11 is 6.89. The number of halogens is 2. The Bertz CT molecular complexity index is 466. The minimum absolute atomic E-state index is 0.195. The maximum absolute atomic E-state index is 13.0. The maximum Gasteiger partial charge on any atom is 0.177 e. The van der Waals surface area contributed by atoms with Gasteiger partial charge in [-0.05, 0) is 29.1 Å². The predicted octanol–water partition coefficient (Wildman–Crippen LogP) is 3.79. The van der Waals surface area contributed by atoms with Crippen molar-refractivity contribution < 1.29 is 9.13 Å². The van der Waals surface area contributed by atoms with Crippen molar-refractivity contribution in [2.45, 2.75) is 5.88 Å². The molecule has 0 spiro atoms. The fourth-order valence-electron chi connectivity index (χ4n) is 1.38. The first-order valence-electron chi connectivity index (χ1n) is 4.06. The molecule has 1 aromatic carbocycles. The zero-order chi connectivity index (χ0) is 10.1. The highest BCUT2D eigenvalue weighted by molar-refractivity contribution is 7.17. The summed E-state index contributed by atoms with van der Waals surface area (Å²) in [5.41, 5.74) is 0.912. The van der Waals surface area contributed by atoms with Crippen molar-refractivity contribution in [3.8, 4) is 5.75 Å². The molecule has 14 heavy (non-hydrogen) atoms. The third kappa shape index (κ3) is 1.57. The molecule has 0 aliphatic rings. The van der Waals surface area contributed by atoms with E-state index in [-0.39, 0.29) is 5.13 Å². The zero-order valence-electron chi connectivity index (χ0n) is 7.51. The molecule has 0 unspecified atom stereocenters. The monoisotopic (exact) mass is 230 g/mol. The van der Waals surface area contributed by atoms with Crippen LogP contribution in [0.15, 0.2) is 18.2 Å². The lowest BCUT2D eigenvalue weighted by Crippen LogP contribution is -1.85. The van der Waals surface area contributed by atoms with E-state index in [2.05, 4.69) is 0 Å². The molecule has 0 amide bonds. The van der Waals surface area contributed by atoms with Crippen molar-refractivity contribution in [3.05, 3.63) is 28.9 Å². The lowest BCUT2D eigenvalue weighted by Gasteiger charge is -2.03. The number of ether oxygens (including phenoxy) is 1. The quantitative estimate of drug-likeness (QED) is 0.714. The number of alkyl halides is 1. The van der Waals surface area contributed by atoms with Crippen LogP contribution in [0.5, 0.6) is 5.75 Å². The van der Waals surface area contributed by atoms with Gasteiger partial charge in [-0.25, -0.2) is 0 Å². The van der Waals surface area contributed by atoms with E-state index in [1.54, 1.807) is 7.11 Å². The zero-order valence-corrected chi connectivity index (χ0v) is 9.08. The first-order valence-corrected chi connectivity index (χ1v) is 5.41. The average Bonchev–Trinajstić information content (AvgIpc) is 2.56. The second-order valence-corrected chi connectivity index (χ2v) is 4.16. The molecule has 1 aromatic heterocycles. The Kier molecular flexibility index (Phi) is 2.61. The van der Waals surface area contributed by atoms with E-state index in [4.69, 9.17) is 16.3 Å². The molecule has 0 bridgehead atoms. The predicted molar refractivity (Wildman–Crippen MR) is 57.9 cm³/mol. The van der Waals surface area contributed by atoms with Gasteiger partial charge in [-0.2, -0.15) is 4.39 Å². The average molecular weight is 231 g/mol. The van der Waals surface area contributed by atoms with Crippen LogP contribution in [0.3, 0.4) is 0 Å². The summed E-state index contributed by atoms with van der Waals surface area (Å²) in [7, 11) is 1.59. The molecule has 0 saturated carbocycles. The van der Waals surface area contributed by atoms with Gasteiger partial charge in [0.05, 0.1) is 7.11 Å². The molecule has 0 aliphatic carbocycles. The molecule has 0 fully saturated rings. The Labute approximate surface area is 90.1 Å². The van der Waals surface area contributed by atoms with Crippen LogP contribution >= 0.6 is 22.9 Å². The first kappa shape index (κ1) is 9.74. The Morgan fingerprint density at radius 3 is 2.86 bits per heavy atom. The fraction of sp³-hybridized carbons (Fsp3) is 0.200. The van der Waals surface area contributed by atoms with Crippen LogP contribution in [-0.2, 0) is 5.88 Å². The SMILES string of the molecule is COc1cc(CCl)c2sc(F)cc2c1. The highest BCUT2D eigenvalue weighted by Crippen LogP contribution is 2.32. The molecule has 4 heteroatoms. The molecule has 2 rings (SSSR count). The lowest BCUT2D eigenvalue weighted by molar-refractivity contribution is 0.415. The van der Waals surface area contributed by atoms with Gasteiger partial charge in [-0.15, -0.1) is 22.9 Å². The van der Waals surface area contributed by atoms with Gasteiger partial charge in [0.15, 0.2) is 5.13 Å². The second kappa shape index (κ2) is 3.75. The summed E-state index contributed by atoms with van der Waals surface area (Å²) in [6, 6.07) is 5.15. The fourth-order valence-corrected chi connectivity index (χ4v) is 2.55. The van der Waals surface area contributed by atoms with Crippen molar-refractivity contribution in [1.29, 1.82) is 0 Å². The Morgan fingerprint density at radius 2 is 2.21 bits per heavy atom. The normalized spacial score (nSPS) is 10.8. The van der Waals surface area contributed by atoms with Gasteiger partial charge in [-0.1, -0.05) is 0 Å². The van der Waals surface area contributed by atoms with Crippen LogP contribution in [0, 0.1) is 5.13 Å². The van der Waals surface area contributed by atoms with Crippen molar-refractivity contribution in [3.63, 3.8) is 0 Å². The first-order chi connectivity index (χ1) is 6.74. The van der Waals surface area contributed by atoms with Crippen molar-refractivity contribution in [2.75, 3.05) is 7.11 Å². The number of rotatable bonds is 2. The minimum atomic E-state index is -0.195. The van der Waals surface area contributed by atoms with Crippen LogP contribution in [0.25, 0.3) is 10.1 Å². The summed E-state index contributed by atoms with van der Waals surface area (Å²) < 4.78 is 19.0. The van der Waals surface area contributed by atoms with E-state index in [1.165, 1.54) is 6.07 Å². The van der Waals surface area contributed by atoms with Crippen molar-refractivity contribution >= 4 is 33.0 Å². The maximum atomic E-state index is 13.0. The molecular weight excluding hydrogens is 223 g/mol. The number of hydrogen-bond donors (Lipinski definition) is 0.